The summed E-state index contributed by atoms with van der Waals surface area (Å²) in [5.41, 5.74) is 2.15. The first kappa shape index (κ1) is 33.3. The average molecular weight is 650 g/mol. The Morgan fingerprint density at radius 3 is 2.36 bits per heavy atom. The van der Waals surface area contributed by atoms with Crippen LogP contribution in [0.4, 0.5) is 11.4 Å². The molecule has 0 radical (unpaired) electrons. The quantitative estimate of drug-likeness (QED) is 0.274. The molecule has 2 aromatic carbocycles. The summed E-state index contributed by atoms with van der Waals surface area (Å²) in [6.07, 6.45) is 5.36. The molecule has 1 spiro atoms. The number of nitrogens with zero attached hydrogens (tertiary/aromatic N) is 3. The van der Waals surface area contributed by atoms with Crippen molar-refractivity contribution < 1.29 is 19.5 Å². The molecule has 3 aliphatic heterocycles. The molecule has 0 aromatic heterocycles. The van der Waals surface area contributed by atoms with Crippen LogP contribution in [0.15, 0.2) is 73.8 Å². The number of amides is 3. The van der Waals surface area contributed by atoms with Gasteiger partial charge in [0.05, 0.1) is 39.9 Å². The number of hydrogen-bond donors (Lipinski definition) is 1. The van der Waals surface area contributed by atoms with Crippen molar-refractivity contribution in [1.29, 1.82) is 0 Å². The number of aliphatic hydroxyl groups is 1. The molecule has 3 aliphatic rings. The van der Waals surface area contributed by atoms with Gasteiger partial charge in [-0.05, 0) is 56.4 Å². The van der Waals surface area contributed by atoms with Crippen molar-refractivity contribution in [3.63, 3.8) is 0 Å². The Morgan fingerprint density at radius 1 is 1.09 bits per heavy atom. The van der Waals surface area contributed by atoms with Crippen LogP contribution in [0.2, 0.25) is 5.02 Å². The monoisotopic (exact) mass is 649 g/mol. The van der Waals surface area contributed by atoms with E-state index in [1.165, 1.54) is 0 Å². The number of aliphatic hydroxyl groups excluding tert-OH is 1. The molecule has 0 saturated carbocycles. The molecule has 9 heteroatoms. The highest BCUT2D eigenvalue weighted by Gasteiger charge is 2.78. The van der Waals surface area contributed by atoms with E-state index in [-0.39, 0.29) is 36.8 Å². The first-order valence-electron chi connectivity index (χ1n) is 15.8. The first-order chi connectivity index (χ1) is 21.5. The van der Waals surface area contributed by atoms with Gasteiger partial charge in [-0.2, -0.15) is 0 Å². The van der Waals surface area contributed by atoms with Crippen LogP contribution in [0.1, 0.15) is 45.6 Å². The lowest BCUT2D eigenvalue weighted by Crippen LogP contribution is -2.59. The Balaban J connectivity index is 1.67. The second-order valence-corrected chi connectivity index (χ2v) is 15.1. The molecule has 7 atom stereocenters. The lowest BCUT2D eigenvalue weighted by atomic mass is 9.66. The van der Waals surface area contributed by atoms with E-state index in [0.29, 0.717) is 36.5 Å². The van der Waals surface area contributed by atoms with Crippen LogP contribution in [-0.4, -0.2) is 69.0 Å². The number of aryl methyl sites for hydroxylation is 1. The zero-order valence-corrected chi connectivity index (χ0v) is 28.2. The molecule has 1 N–H and O–H groups in total. The van der Waals surface area contributed by atoms with Gasteiger partial charge in [-0.3, -0.25) is 14.4 Å². The highest BCUT2D eigenvalue weighted by Crippen LogP contribution is 2.72. The number of carbonyl (C=O) groups excluding carboxylic acids is 3. The minimum absolute atomic E-state index is 0.0760. The number of halogens is 1. The third-order valence-electron chi connectivity index (χ3n) is 10.2. The molecular formula is C36H44ClN3O4S. The fourth-order valence-corrected chi connectivity index (χ4v) is 10.6. The van der Waals surface area contributed by atoms with Crippen LogP contribution in [0.3, 0.4) is 0 Å². The summed E-state index contributed by atoms with van der Waals surface area (Å²) >= 11 is 8.35. The van der Waals surface area contributed by atoms with E-state index in [0.717, 1.165) is 11.3 Å². The average Bonchev–Trinajstić information content (AvgIpc) is 3.60. The third-order valence-corrected chi connectivity index (χ3v) is 12.5. The highest BCUT2D eigenvalue weighted by molar-refractivity contribution is 8.02. The Hall–Kier alpha value is -3.07. The number of rotatable bonds is 12. The highest BCUT2D eigenvalue weighted by atomic mass is 35.5. The number of likely N-dealkylation sites (tertiary alicyclic amines) is 1. The van der Waals surface area contributed by atoms with Gasteiger partial charge in [0.1, 0.15) is 6.04 Å². The SMILES string of the molecule is C=CCN(C(=O)[C@H]1[C@H]2C(=O)N([C@@H](CO)[C@@H](C)CC)C(C(=O)N(CC=C)c3c(C)cccc3Cl)C23CC[C@]1(C)S3)c1ccccc1. The molecule has 2 unspecified atom stereocenters. The third kappa shape index (κ3) is 5.33. The lowest BCUT2D eigenvalue weighted by Gasteiger charge is -2.41. The summed E-state index contributed by atoms with van der Waals surface area (Å²) < 4.78 is -1.40. The predicted molar refractivity (Wildman–Crippen MR) is 184 cm³/mol. The van der Waals surface area contributed by atoms with Gasteiger partial charge in [-0.25, -0.2) is 0 Å². The summed E-state index contributed by atoms with van der Waals surface area (Å²) in [7, 11) is 0. The second kappa shape index (κ2) is 13.0. The largest absolute Gasteiger partial charge is 0.394 e. The van der Waals surface area contributed by atoms with E-state index >= 15 is 4.79 Å². The Bertz CT molecular complexity index is 1470. The number of para-hydroxylation sites is 2. The molecule has 2 bridgehead atoms. The van der Waals surface area contributed by atoms with Crippen LogP contribution in [0, 0.1) is 24.7 Å². The second-order valence-electron chi connectivity index (χ2n) is 12.8. The van der Waals surface area contributed by atoms with E-state index < -0.39 is 33.4 Å². The van der Waals surface area contributed by atoms with E-state index in [1.54, 1.807) is 44.7 Å². The molecule has 7 nitrogen and oxygen atoms in total. The van der Waals surface area contributed by atoms with Crippen LogP contribution < -0.4 is 9.80 Å². The van der Waals surface area contributed by atoms with Gasteiger partial charge in [0.2, 0.25) is 11.8 Å². The van der Waals surface area contributed by atoms with Crippen LogP contribution in [-0.2, 0) is 14.4 Å². The van der Waals surface area contributed by atoms with Crippen LogP contribution >= 0.6 is 23.4 Å². The summed E-state index contributed by atoms with van der Waals surface area (Å²) in [6.45, 7) is 16.0. The summed E-state index contributed by atoms with van der Waals surface area (Å²) in [6, 6.07) is 13.5. The molecule has 2 aromatic rings. The van der Waals surface area contributed by atoms with E-state index in [1.807, 2.05) is 63.2 Å². The minimum atomic E-state index is -0.897. The standard InChI is InChI=1S/C36H44ClN3O4S/c1-7-20-38(25-15-11-10-12-16-25)32(42)28-29-33(43)40(27(22-41)23(4)9-3)31(36(29)19-18-35(28,6)45-36)34(44)39(21-8-2)30-24(5)14-13-17-26(30)37/h7-8,10-17,23,27-29,31,41H,1-2,9,18-22H2,3-6H3/t23-,27-,28+,29-,31?,35-,36?/m0/s1. The Kier molecular flexibility index (Phi) is 9.60. The number of fused-ring (bicyclic) bond motifs is 1. The zero-order chi connectivity index (χ0) is 32.7. The molecule has 0 aliphatic carbocycles. The molecular weight excluding hydrogens is 606 g/mol. The van der Waals surface area contributed by atoms with Crippen molar-refractivity contribution in [2.45, 2.75) is 68.5 Å². The van der Waals surface area contributed by atoms with Gasteiger partial charge in [-0.15, -0.1) is 24.9 Å². The number of benzene rings is 2. The van der Waals surface area contributed by atoms with Crippen molar-refractivity contribution in [2.24, 2.45) is 17.8 Å². The van der Waals surface area contributed by atoms with Gasteiger partial charge in [-0.1, -0.05) is 74.4 Å². The molecule has 240 valence electrons. The van der Waals surface area contributed by atoms with Gasteiger partial charge in [0, 0.05) is 23.5 Å². The van der Waals surface area contributed by atoms with Crippen molar-refractivity contribution in [3.8, 4) is 0 Å². The Labute approximate surface area is 276 Å². The summed E-state index contributed by atoms with van der Waals surface area (Å²) in [4.78, 5) is 49.7. The number of carbonyl (C=O) groups is 3. The smallest absolute Gasteiger partial charge is 0.251 e. The van der Waals surface area contributed by atoms with E-state index in [2.05, 4.69) is 20.1 Å². The van der Waals surface area contributed by atoms with Crippen LogP contribution in [0.5, 0.6) is 0 Å². The van der Waals surface area contributed by atoms with Crippen molar-refractivity contribution >= 4 is 52.5 Å². The molecule has 45 heavy (non-hydrogen) atoms. The van der Waals surface area contributed by atoms with Gasteiger partial charge < -0.3 is 19.8 Å². The molecule has 3 fully saturated rings. The van der Waals surface area contributed by atoms with Gasteiger partial charge in [0.15, 0.2) is 0 Å². The van der Waals surface area contributed by atoms with E-state index in [4.69, 9.17) is 11.6 Å². The lowest BCUT2D eigenvalue weighted by molar-refractivity contribution is -0.143. The van der Waals surface area contributed by atoms with E-state index in [9.17, 15) is 14.7 Å². The Morgan fingerprint density at radius 2 is 1.76 bits per heavy atom. The predicted octanol–water partition coefficient (Wildman–Crippen LogP) is 6.27. The number of hydrogen-bond acceptors (Lipinski definition) is 5. The topological polar surface area (TPSA) is 81.2 Å². The summed E-state index contributed by atoms with van der Waals surface area (Å²) in [5, 5.41) is 11.2. The van der Waals surface area contributed by atoms with Gasteiger partial charge in [0.25, 0.3) is 5.91 Å². The fraction of sp³-hybridized carbons (Fsp3) is 0.472. The van der Waals surface area contributed by atoms with Crippen molar-refractivity contribution in [2.75, 3.05) is 29.5 Å². The maximum Gasteiger partial charge on any atom is 0.251 e. The molecule has 5 rings (SSSR count). The summed E-state index contributed by atoms with van der Waals surface area (Å²) in [5.74, 6) is -2.10. The van der Waals surface area contributed by atoms with Crippen molar-refractivity contribution in [1.82, 2.24) is 4.90 Å². The van der Waals surface area contributed by atoms with Crippen LogP contribution in [0.25, 0.3) is 0 Å². The maximum atomic E-state index is 15.1. The molecule has 3 saturated heterocycles. The first-order valence-corrected chi connectivity index (χ1v) is 17.0. The van der Waals surface area contributed by atoms with Gasteiger partial charge >= 0.3 is 0 Å². The number of anilines is 2. The zero-order valence-electron chi connectivity index (χ0n) is 26.6. The normalized spacial score (nSPS) is 28.0. The minimum Gasteiger partial charge on any atom is -0.394 e. The van der Waals surface area contributed by atoms with Crippen molar-refractivity contribution in [3.05, 3.63) is 84.4 Å². The number of thioether (sulfide) groups is 1. The fourth-order valence-electron chi connectivity index (χ4n) is 7.95. The molecule has 3 amide bonds. The molecule has 3 heterocycles. The maximum absolute atomic E-state index is 15.1.